The van der Waals surface area contributed by atoms with Crippen LogP contribution in [-0.4, -0.2) is 5.97 Å². The number of nitrogen functional groups attached to an aromatic ring is 1. The Morgan fingerprint density at radius 3 is 2.71 bits per heavy atom. The van der Waals surface area contributed by atoms with Crippen LogP contribution in [0.1, 0.15) is 21.5 Å². The third kappa shape index (κ3) is 3.58. The number of benzene rings is 2. The molecule has 0 saturated carbocycles. The van der Waals surface area contributed by atoms with Crippen molar-refractivity contribution in [2.75, 3.05) is 5.73 Å². The van der Waals surface area contributed by atoms with Gasteiger partial charge in [0.1, 0.15) is 18.2 Å². The minimum atomic E-state index is -0.669. The first-order valence-corrected chi connectivity index (χ1v) is 6.84. The van der Waals surface area contributed by atoms with E-state index in [0.717, 1.165) is 11.6 Å². The molecule has 2 rings (SSSR count). The summed E-state index contributed by atoms with van der Waals surface area (Å²) in [7, 11) is 0. The van der Waals surface area contributed by atoms with Gasteiger partial charge in [-0.05, 0) is 58.2 Å². The van der Waals surface area contributed by atoms with Crippen molar-refractivity contribution in [3.8, 4) is 0 Å². The molecule has 0 aromatic heterocycles. The Morgan fingerprint density at radius 2 is 2.00 bits per heavy atom. The second-order valence-corrected chi connectivity index (χ2v) is 5.35. The van der Waals surface area contributed by atoms with E-state index >= 15 is 0 Å². The molecule has 0 spiro atoms. The summed E-state index contributed by atoms with van der Waals surface area (Å²) in [6.07, 6.45) is 0. The Kier molecular flexibility index (Phi) is 4.57. The highest BCUT2D eigenvalue weighted by Crippen LogP contribution is 2.24. The average molecular weight is 356 g/mol. The van der Waals surface area contributed by atoms with E-state index in [2.05, 4.69) is 15.9 Å². The molecule has 0 amide bonds. The van der Waals surface area contributed by atoms with E-state index in [1.807, 2.05) is 0 Å². The number of hydrogen-bond acceptors (Lipinski definition) is 3. The van der Waals surface area contributed by atoms with Gasteiger partial charge in [0, 0.05) is 4.47 Å². The first-order valence-electron chi connectivity index (χ1n) is 6.05. The average Bonchev–Trinajstić information content (AvgIpc) is 2.43. The summed E-state index contributed by atoms with van der Waals surface area (Å²) in [5.41, 5.74) is 6.76. The molecule has 0 radical (unpaired) electrons. The van der Waals surface area contributed by atoms with Crippen LogP contribution in [0.5, 0.6) is 0 Å². The van der Waals surface area contributed by atoms with E-state index in [-0.39, 0.29) is 22.3 Å². The number of esters is 1. The third-order valence-corrected chi connectivity index (χ3v) is 3.63. The van der Waals surface area contributed by atoms with Crippen molar-refractivity contribution in [1.82, 2.24) is 0 Å². The zero-order valence-electron chi connectivity index (χ0n) is 11.1. The SMILES string of the molecule is Cc1ccc(F)cc1COC(=O)c1cc(N)c(F)cc1Br. The Bertz CT molecular complexity index is 704. The lowest BCUT2D eigenvalue weighted by atomic mass is 10.1. The highest BCUT2D eigenvalue weighted by atomic mass is 79.9. The van der Waals surface area contributed by atoms with Crippen LogP contribution in [0.4, 0.5) is 14.5 Å². The van der Waals surface area contributed by atoms with Gasteiger partial charge in [-0.1, -0.05) is 6.07 Å². The number of carbonyl (C=O) groups is 1. The number of anilines is 1. The monoisotopic (exact) mass is 355 g/mol. The van der Waals surface area contributed by atoms with Crippen LogP contribution in [-0.2, 0) is 11.3 Å². The first kappa shape index (κ1) is 15.4. The van der Waals surface area contributed by atoms with Gasteiger partial charge in [0.25, 0.3) is 0 Å². The zero-order valence-corrected chi connectivity index (χ0v) is 12.7. The quantitative estimate of drug-likeness (QED) is 0.669. The molecule has 0 aliphatic rings. The molecule has 2 aromatic rings. The number of hydrogen-bond donors (Lipinski definition) is 1. The summed E-state index contributed by atoms with van der Waals surface area (Å²) >= 11 is 3.08. The van der Waals surface area contributed by atoms with Crippen LogP contribution < -0.4 is 5.73 Å². The van der Waals surface area contributed by atoms with E-state index in [4.69, 9.17) is 10.5 Å². The summed E-state index contributed by atoms with van der Waals surface area (Å²) in [4.78, 5) is 12.0. The number of aryl methyl sites for hydroxylation is 1. The van der Waals surface area contributed by atoms with Crippen molar-refractivity contribution in [2.24, 2.45) is 0 Å². The molecule has 0 bridgehead atoms. The van der Waals surface area contributed by atoms with Crippen LogP contribution in [0, 0.1) is 18.6 Å². The molecular formula is C15H12BrF2NO2. The Balaban J connectivity index is 2.15. The minimum Gasteiger partial charge on any atom is -0.457 e. The van der Waals surface area contributed by atoms with Gasteiger partial charge in [0.15, 0.2) is 0 Å². The van der Waals surface area contributed by atoms with Gasteiger partial charge in [0.2, 0.25) is 0 Å². The molecule has 110 valence electrons. The topological polar surface area (TPSA) is 52.3 Å². The fourth-order valence-corrected chi connectivity index (χ4v) is 2.22. The maximum Gasteiger partial charge on any atom is 0.339 e. The molecule has 0 aliphatic carbocycles. The molecule has 3 nitrogen and oxygen atoms in total. The summed E-state index contributed by atoms with van der Waals surface area (Å²) in [6, 6.07) is 6.53. The van der Waals surface area contributed by atoms with Crippen molar-refractivity contribution >= 4 is 27.6 Å². The minimum absolute atomic E-state index is 0.0772. The maximum absolute atomic E-state index is 13.2. The zero-order chi connectivity index (χ0) is 15.6. The fourth-order valence-electron chi connectivity index (χ4n) is 1.74. The van der Waals surface area contributed by atoms with Crippen molar-refractivity contribution in [3.05, 3.63) is 63.1 Å². The highest BCUT2D eigenvalue weighted by Gasteiger charge is 2.15. The van der Waals surface area contributed by atoms with E-state index < -0.39 is 17.6 Å². The summed E-state index contributed by atoms with van der Waals surface area (Å²) in [5.74, 6) is -1.70. The predicted octanol–water partition coefficient (Wildman–Crippen LogP) is 3.97. The van der Waals surface area contributed by atoms with Gasteiger partial charge in [0.05, 0.1) is 11.3 Å². The third-order valence-electron chi connectivity index (χ3n) is 2.98. The summed E-state index contributed by atoms with van der Waals surface area (Å²) in [6.45, 7) is 1.71. The lowest BCUT2D eigenvalue weighted by Crippen LogP contribution is -2.08. The molecule has 0 saturated heterocycles. The normalized spacial score (nSPS) is 10.5. The van der Waals surface area contributed by atoms with Crippen molar-refractivity contribution in [3.63, 3.8) is 0 Å². The highest BCUT2D eigenvalue weighted by molar-refractivity contribution is 9.10. The van der Waals surface area contributed by atoms with Crippen LogP contribution >= 0.6 is 15.9 Å². The second kappa shape index (κ2) is 6.22. The molecule has 0 atom stereocenters. The van der Waals surface area contributed by atoms with E-state index in [0.29, 0.717) is 5.56 Å². The van der Waals surface area contributed by atoms with Gasteiger partial charge in [-0.25, -0.2) is 13.6 Å². The Morgan fingerprint density at radius 1 is 1.29 bits per heavy atom. The second-order valence-electron chi connectivity index (χ2n) is 4.50. The summed E-state index contributed by atoms with van der Waals surface area (Å²) in [5, 5.41) is 0. The molecule has 0 heterocycles. The number of nitrogens with two attached hydrogens (primary N) is 1. The van der Waals surface area contributed by atoms with Crippen molar-refractivity contribution in [2.45, 2.75) is 13.5 Å². The molecule has 0 unspecified atom stereocenters. The smallest absolute Gasteiger partial charge is 0.339 e. The molecular weight excluding hydrogens is 344 g/mol. The van der Waals surface area contributed by atoms with Crippen LogP contribution in [0.3, 0.4) is 0 Å². The van der Waals surface area contributed by atoms with Crippen LogP contribution in [0.2, 0.25) is 0 Å². The molecule has 6 heteroatoms. The maximum atomic E-state index is 13.2. The lowest BCUT2D eigenvalue weighted by Gasteiger charge is -2.09. The van der Waals surface area contributed by atoms with Gasteiger partial charge in [-0.2, -0.15) is 0 Å². The Hall–Kier alpha value is -1.95. The molecule has 21 heavy (non-hydrogen) atoms. The summed E-state index contributed by atoms with van der Waals surface area (Å²) < 4.78 is 31.7. The predicted molar refractivity (Wildman–Crippen MR) is 78.8 cm³/mol. The van der Waals surface area contributed by atoms with E-state index in [1.54, 1.807) is 13.0 Å². The Labute approximate surface area is 128 Å². The van der Waals surface area contributed by atoms with Gasteiger partial charge in [-0.3, -0.25) is 0 Å². The molecule has 0 fully saturated rings. The number of ether oxygens (including phenoxy) is 1. The number of carbonyl (C=O) groups excluding carboxylic acids is 1. The fraction of sp³-hybridized carbons (Fsp3) is 0.133. The van der Waals surface area contributed by atoms with Crippen LogP contribution in [0.25, 0.3) is 0 Å². The van der Waals surface area contributed by atoms with Gasteiger partial charge >= 0.3 is 5.97 Å². The standard InChI is InChI=1S/C15H12BrF2NO2/c1-8-2-3-10(17)4-9(8)7-21-15(20)11-5-14(19)13(18)6-12(11)16/h2-6H,7,19H2,1H3. The molecule has 2 N–H and O–H groups in total. The largest absolute Gasteiger partial charge is 0.457 e. The first-order chi connectivity index (χ1) is 9.88. The van der Waals surface area contributed by atoms with E-state index in [9.17, 15) is 13.6 Å². The lowest BCUT2D eigenvalue weighted by molar-refractivity contribution is 0.0470. The van der Waals surface area contributed by atoms with Gasteiger partial charge in [-0.15, -0.1) is 0 Å². The number of rotatable bonds is 3. The molecule has 0 aliphatic heterocycles. The van der Waals surface area contributed by atoms with Gasteiger partial charge < -0.3 is 10.5 Å². The number of halogens is 3. The van der Waals surface area contributed by atoms with Crippen molar-refractivity contribution in [1.29, 1.82) is 0 Å². The van der Waals surface area contributed by atoms with E-state index in [1.165, 1.54) is 18.2 Å². The molecule has 2 aromatic carbocycles. The van der Waals surface area contributed by atoms with Crippen LogP contribution in [0.15, 0.2) is 34.8 Å². The van der Waals surface area contributed by atoms with Crippen molar-refractivity contribution < 1.29 is 18.3 Å².